The zero-order valence-corrected chi connectivity index (χ0v) is 20.2. The van der Waals surface area contributed by atoms with Gasteiger partial charge in [0, 0.05) is 27.7 Å². The fourth-order valence-corrected chi connectivity index (χ4v) is 3.71. The summed E-state index contributed by atoms with van der Waals surface area (Å²) in [7, 11) is 4.23. The van der Waals surface area contributed by atoms with Gasteiger partial charge in [-0.2, -0.15) is 0 Å². The Morgan fingerprint density at radius 2 is 1.89 bits per heavy atom. The van der Waals surface area contributed by atoms with Crippen molar-refractivity contribution in [3.8, 4) is 5.75 Å². The van der Waals surface area contributed by atoms with Crippen LogP contribution in [0.4, 0.5) is 4.39 Å². The van der Waals surface area contributed by atoms with Crippen LogP contribution in [0.5, 0.6) is 5.75 Å². The zero-order valence-electron chi connectivity index (χ0n) is 20.2. The molecule has 1 aliphatic rings. The Balaban J connectivity index is 0.00000456. The number of amides is 3. The van der Waals surface area contributed by atoms with Crippen molar-refractivity contribution in [1.82, 2.24) is 24.7 Å². The molecule has 3 amide bonds. The predicted molar refractivity (Wildman–Crippen MR) is 129 cm³/mol. The Morgan fingerprint density at radius 1 is 1.22 bits per heavy atom. The van der Waals surface area contributed by atoms with Crippen LogP contribution in [0, 0.1) is 12.7 Å². The highest BCUT2D eigenvalue weighted by Crippen LogP contribution is 2.26. The molecule has 0 radical (unpaired) electrons. The lowest BCUT2D eigenvalue weighted by atomic mass is 10.1. The van der Waals surface area contributed by atoms with Crippen LogP contribution in [0.25, 0.3) is 0 Å². The largest absolute Gasteiger partial charge is 0.501 e. The van der Waals surface area contributed by atoms with Gasteiger partial charge in [0.15, 0.2) is 5.69 Å². The van der Waals surface area contributed by atoms with E-state index >= 15 is 0 Å². The van der Waals surface area contributed by atoms with E-state index in [1.54, 1.807) is 19.9 Å². The number of aromatic hydroxyl groups is 1. The molecule has 11 nitrogen and oxygen atoms in total. The first-order chi connectivity index (χ1) is 16.4. The van der Waals surface area contributed by atoms with Gasteiger partial charge in [-0.05, 0) is 31.0 Å². The topological polar surface area (TPSA) is 134 Å². The van der Waals surface area contributed by atoms with Gasteiger partial charge in [0.2, 0.25) is 5.75 Å². The second-order valence-corrected chi connectivity index (χ2v) is 8.63. The maximum absolute atomic E-state index is 13.5. The van der Waals surface area contributed by atoms with Gasteiger partial charge in [0.05, 0.1) is 19.3 Å². The van der Waals surface area contributed by atoms with E-state index in [9.17, 15) is 28.7 Å². The number of nitrogens with one attached hydrogen (secondary N) is 1. The molecule has 0 fully saturated rings. The van der Waals surface area contributed by atoms with E-state index < -0.39 is 46.8 Å². The number of ether oxygens (including phenoxy) is 1. The lowest BCUT2D eigenvalue weighted by Gasteiger charge is -2.28. The lowest BCUT2D eigenvalue weighted by Crippen LogP contribution is -2.44. The Bertz CT molecular complexity index is 1230. The first kappa shape index (κ1) is 28.4. The third-order valence-electron chi connectivity index (χ3n) is 5.76. The quantitative estimate of drug-likeness (QED) is 0.595. The van der Waals surface area contributed by atoms with E-state index in [1.807, 2.05) is 0 Å². The first-order valence-corrected chi connectivity index (χ1v) is 10.9. The SMILES string of the molecule is C.Cc1cc(CNC(=O)c2nc3n(c(=O)c2O)C(C)COCC3N(C)C(=O)C(=O)N(C)C)ccc1F. The molecule has 2 heterocycles. The van der Waals surface area contributed by atoms with Crippen molar-refractivity contribution in [2.45, 2.75) is 39.9 Å². The van der Waals surface area contributed by atoms with Crippen LogP contribution in [-0.2, 0) is 20.9 Å². The van der Waals surface area contributed by atoms with Gasteiger partial charge in [0.25, 0.3) is 11.5 Å². The third kappa shape index (κ3) is 5.54. The summed E-state index contributed by atoms with van der Waals surface area (Å²) in [6.45, 7) is 3.25. The fraction of sp³-hybridized carbons (Fsp3) is 0.458. The van der Waals surface area contributed by atoms with Gasteiger partial charge in [-0.15, -0.1) is 0 Å². The number of aryl methyl sites for hydroxylation is 1. The summed E-state index contributed by atoms with van der Waals surface area (Å²) in [5.41, 5.74) is -0.395. The van der Waals surface area contributed by atoms with Gasteiger partial charge in [-0.3, -0.25) is 23.7 Å². The van der Waals surface area contributed by atoms with Crippen molar-refractivity contribution in [2.24, 2.45) is 0 Å². The number of likely N-dealkylation sites (N-methyl/N-ethyl adjacent to an activating group) is 2. The predicted octanol–water partition coefficient (Wildman–Crippen LogP) is 1.14. The smallest absolute Gasteiger partial charge is 0.312 e. The zero-order chi connectivity index (χ0) is 26.0. The maximum atomic E-state index is 13.5. The van der Waals surface area contributed by atoms with E-state index in [2.05, 4.69) is 10.3 Å². The van der Waals surface area contributed by atoms with Gasteiger partial charge < -0.3 is 25.0 Å². The number of rotatable bonds is 4. The molecule has 196 valence electrons. The Kier molecular flexibility index (Phi) is 8.92. The second kappa shape index (κ2) is 11.3. The molecule has 2 atom stereocenters. The summed E-state index contributed by atoms with van der Waals surface area (Å²) in [6, 6.07) is 2.80. The molecule has 12 heteroatoms. The molecule has 2 unspecified atom stereocenters. The third-order valence-corrected chi connectivity index (χ3v) is 5.76. The van der Waals surface area contributed by atoms with Crippen LogP contribution in [0.1, 0.15) is 53.9 Å². The standard InChI is InChI=1S/C23H28FN5O6.CH4/c1-12-8-14(6-7-15(12)24)9-25-20(31)17-18(30)21(32)29-13(2)10-35-11-16(19(29)26-17)28(5)23(34)22(33)27(3)4;/h6-8,13,16,30H,9-11H2,1-5H3,(H,25,31);1H4. The molecule has 3 rings (SSSR count). The fourth-order valence-electron chi connectivity index (χ4n) is 3.71. The van der Waals surface area contributed by atoms with E-state index in [-0.39, 0.29) is 38.8 Å². The number of benzene rings is 1. The van der Waals surface area contributed by atoms with Crippen molar-refractivity contribution >= 4 is 17.7 Å². The molecule has 1 aliphatic heterocycles. The summed E-state index contributed by atoms with van der Waals surface area (Å²) in [4.78, 5) is 57.3. The summed E-state index contributed by atoms with van der Waals surface area (Å²) in [5.74, 6) is -3.71. The summed E-state index contributed by atoms with van der Waals surface area (Å²) < 4.78 is 20.3. The minimum Gasteiger partial charge on any atom is -0.501 e. The number of nitrogens with zero attached hydrogens (tertiary/aromatic N) is 4. The number of carbonyl (C=O) groups excluding carboxylic acids is 3. The van der Waals surface area contributed by atoms with Crippen molar-refractivity contribution in [3.05, 3.63) is 57.0 Å². The first-order valence-electron chi connectivity index (χ1n) is 10.9. The van der Waals surface area contributed by atoms with E-state index in [0.29, 0.717) is 11.1 Å². The van der Waals surface area contributed by atoms with E-state index in [0.717, 1.165) is 14.4 Å². The average molecular weight is 506 g/mol. The summed E-state index contributed by atoms with van der Waals surface area (Å²) >= 11 is 0. The highest BCUT2D eigenvalue weighted by atomic mass is 19.1. The summed E-state index contributed by atoms with van der Waals surface area (Å²) in [5, 5.41) is 13.1. The van der Waals surface area contributed by atoms with Crippen LogP contribution in [0.3, 0.4) is 0 Å². The molecule has 0 saturated carbocycles. The molecule has 1 aromatic carbocycles. The Labute approximate surface area is 208 Å². The van der Waals surface area contributed by atoms with Crippen LogP contribution in [0.2, 0.25) is 0 Å². The maximum Gasteiger partial charge on any atom is 0.312 e. The van der Waals surface area contributed by atoms with Crippen molar-refractivity contribution in [2.75, 3.05) is 34.4 Å². The summed E-state index contributed by atoms with van der Waals surface area (Å²) in [6.07, 6.45) is 0. The minimum atomic E-state index is -0.976. The lowest BCUT2D eigenvalue weighted by molar-refractivity contribution is -0.151. The highest BCUT2D eigenvalue weighted by Gasteiger charge is 2.36. The molecule has 0 saturated heterocycles. The molecule has 1 aromatic heterocycles. The van der Waals surface area contributed by atoms with Crippen LogP contribution >= 0.6 is 0 Å². The molecule has 36 heavy (non-hydrogen) atoms. The molecular formula is C24H32FN5O6. The molecule has 0 bridgehead atoms. The molecule has 2 N–H and O–H groups in total. The van der Waals surface area contributed by atoms with Crippen molar-refractivity contribution in [3.63, 3.8) is 0 Å². The number of carbonyl (C=O) groups is 3. The number of aromatic nitrogens is 2. The number of halogens is 1. The van der Waals surface area contributed by atoms with Crippen LogP contribution in [-0.4, -0.2) is 76.5 Å². The Hall–Kier alpha value is -3.80. The Morgan fingerprint density at radius 3 is 2.50 bits per heavy atom. The molecular weight excluding hydrogens is 473 g/mol. The van der Waals surface area contributed by atoms with Crippen molar-refractivity contribution < 1.29 is 28.6 Å². The van der Waals surface area contributed by atoms with Gasteiger partial charge in [0.1, 0.15) is 17.7 Å². The average Bonchev–Trinajstić information content (AvgIpc) is 2.98. The normalized spacial score (nSPS) is 16.7. The van der Waals surface area contributed by atoms with Gasteiger partial charge >= 0.3 is 11.8 Å². The van der Waals surface area contributed by atoms with Crippen molar-refractivity contribution in [1.29, 1.82) is 0 Å². The van der Waals surface area contributed by atoms with E-state index in [4.69, 9.17) is 4.74 Å². The molecule has 0 spiro atoms. The monoisotopic (exact) mass is 505 g/mol. The minimum absolute atomic E-state index is 0. The second-order valence-electron chi connectivity index (χ2n) is 8.63. The van der Waals surface area contributed by atoms with E-state index in [1.165, 1.54) is 33.3 Å². The molecule has 0 aliphatic carbocycles. The number of hydrogen-bond acceptors (Lipinski definition) is 7. The van der Waals surface area contributed by atoms with Crippen LogP contribution in [0.15, 0.2) is 23.0 Å². The van der Waals surface area contributed by atoms with Crippen LogP contribution < -0.4 is 10.9 Å². The van der Waals surface area contributed by atoms with Gasteiger partial charge in [-0.25, -0.2) is 9.37 Å². The molecule has 2 aromatic rings. The number of fused-ring (bicyclic) bond motifs is 1. The highest BCUT2D eigenvalue weighted by molar-refractivity contribution is 6.34. The number of hydrogen-bond donors (Lipinski definition) is 2. The van der Waals surface area contributed by atoms with Gasteiger partial charge in [-0.1, -0.05) is 19.6 Å².